The zero-order chi connectivity index (χ0) is 27.3. The predicted molar refractivity (Wildman–Crippen MR) is 145 cm³/mol. The molecular formula is C25H22ClN5O5S2. The first-order valence-corrected chi connectivity index (χ1v) is 14.4. The maximum absolute atomic E-state index is 13.5. The molecule has 4 rings (SSSR count). The van der Waals surface area contributed by atoms with Crippen molar-refractivity contribution >= 4 is 54.9 Å². The van der Waals surface area contributed by atoms with Gasteiger partial charge in [-0.15, -0.1) is 0 Å². The second-order valence-electron chi connectivity index (χ2n) is 7.96. The summed E-state index contributed by atoms with van der Waals surface area (Å²) in [4.78, 5) is 20.6. The first-order chi connectivity index (χ1) is 18.1. The molecule has 0 atom stereocenters. The molecule has 13 heteroatoms. The van der Waals surface area contributed by atoms with Crippen molar-refractivity contribution in [2.45, 2.75) is 16.7 Å². The highest BCUT2D eigenvalue weighted by Crippen LogP contribution is 2.31. The Morgan fingerprint density at radius 3 is 2.16 bits per heavy atom. The van der Waals surface area contributed by atoms with Crippen LogP contribution in [0.2, 0.25) is 5.02 Å². The Labute approximate surface area is 225 Å². The van der Waals surface area contributed by atoms with Gasteiger partial charge in [0.1, 0.15) is 6.54 Å². The number of hydrogen-bond donors (Lipinski definition) is 2. The molecule has 0 saturated heterocycles. The lowest BCUT2D eigenvalue weighted by Crippen LogP contribution is -2.38. The van der Waals surface area contributed by atoms with E-state index < -0.39 is 32.5 Å². The molecule has 0 fully saturated rings. The van der Waals surface area contributed by atoms with Gasteiger partial charge in [0.05, 0.1) is 15.5 Å². The van der Waals surface area contributed by atoms with E-state index >= 15 is 0 Å². The minimum absolute atomic E-state index is 0.0108. The number of amides is 1. The summed E-state index contributed by atoms with van der Waals surface area (Å²) in [6, 6.07) is 19.4. The Balaban J connectivity index is 1.56. The van der Waals surface area contributed by atoms with E-state index in [9.17, 15) is 21.6 Å². The molecule has 1 aromatic heterocycles. The second-order valence-corrected chi connectivity index (χ2v) is 11.9. The maximum Gasteiger partial charge on any atom is 0.264 e. The van der Waals surface area contributed by atoms with Gasteiger partial charge in [0, 0.05) is 23.1 Å². The zero-order valence-electron chi connectivity index (χ0n) is 19.9. The van der Waals surface area contributed by atoms with Crippen LogP contribution in [0.4, 0.5) is 17.3 Å². The number of nitrogens with zero attached hydrogens (tertiary/aromatic N) is 3. The molecule has 4 aromatic rings. The van der Waals surface area contributed by atoms with E-state index in [0.29, 0.717) is 10.6 Å². The average Bonchev–Trinajstić information content (AvgIpc) is 2.90. The number of rotatable bonds is 9. The number of aromatic nitrogens is 2. The molecule has 0 aliphatic carbocycles. The van der Waals surface area contributed by atoms with Gasteiger partial charge in [-0.2, -0.15) is 0 Å². The SMILES string of the molecule is Cc1c(Cl)cccc1N(CC(=O)Nc1ccc(S(=O)(=O)Nc2ncccn2)cc1)S(=O)(=O)c1ccccc1. The van der Waals surface area contributed by atoms with Crippen molar-refractivity contribution in [1.29, 1.82) is 0 Å². The Kier molecular flexibility index (Phi) is 7.95. The monoisotopic (exact) mass is 571 g/mol. The highest BCUT2D eigenvalue weighted by atomic mass is 35.5. The molecule has 0 unspecified atom stereocenters. The Hall–Kier alpha value is -4.00. The van der Waals surface area contributed by atoms with Crippen LogP contribution in [0.5, 0.6) is 0 Å². The summed E-state index contributed by atoms with van der Waals surface area (Å²) in [6.45, 7) is 1.11. The van der Waals surface area contributed by atoms with Gasteiger partial charge in [-0.25, -0.2) is 31.5 Å². The molecule has 196 valence electrons. The molecule has 0 spiro atoms. The summed E-state index contributed by atoms with van der Waals surface area (Å²) in [5.74, 6) is -0.726. The van der Waals surface area contributed by atoms with E-state index in [1.165, 1.54) is 48.8 Å². The van der Waals surface area contributed by atoms with Crippen molar-refractivity contribution in [1.82, 2.24) is 9.97 Å². The van der Waals surface area contributed by atoms with Gasteiger partial charge in [-0.3, -0.25) is 9.10 Å². The smallest absolute Gasteiger partial charge is 0.264 e. The largest absolute Gasteiger partial charge is 0.325 e. The van der Waals surface area contributed by atoms with Gasteiger partial charge in [0.2, 0.25) is 11.9 Å². The number of hydrogen-bond acceptors (Lipinski definition) is 7. The van der Waals surface area contributed by atoms with Crippen molar-refractivity contribution in [3.8, 4) is 0 Å². The van der Waals surface area contributed by atoms with Crippen LogP contribution in [0.15, 0.2) is 101 Å². The number of anilines is 3. The molecular weight excluding hydrogens is 550 g/mol. The number of sulfonamides is 2. The van der Waals surface area contributed by atoms with Crippen LogP contribution < -0.4 is 14.3 Å². The van der Waals surface area contributed by atoms with Crippen LogP contribution in [-0.2, 0) is 24.8 Å². The fourth-order valence-corrected chi connectivity index (χ4v) is 6.09. The average molecular weight is 572 g/mol. The molecule has 0 radical (unpaired) electrons. The lowest BCUT2D eigenvalue weighted by molar-refractivity contribution is -0.114. The molecule has 0 aliphatic heterocycles. The lowest BCUT2D eigenvalue weighted by Gasteiger charge is -2.26. The zero-order valence-corrected chi connectivity index (χ0v) is 22.3. The van der Waals surface area contributed by atoms with Crippen LogP contribution in [0, 0.1) is 6.92 Å². The number of carbonyl (C=O) groups is 1. The van der Waals surface area contributed by atoms with E-state index in [1.54, 1.807) is 49.4 Å². The first kappa shape index (κ1) is 27.0. The summed E-state index contributed by atoms with van der Waals surface area (Å²) < 4.78 is 55.4. The molecule has 0 bridgehead atoms. The molecule has 38 heavy (non-hydrogen) atoms. The number of benzene rings is 3. The third-order valence-corrected chi connectivity index (χ3v) is 8.89. The van der Waals surface area contributed by atoms with E-state index in [1.807, 2.05) is 0 Å². The number of nitrogens with one attached hydrogen (secondary N) is 2. The second kappa shape index (κ2) is 11.2. The molecule has 2 N–H and O–H groups in total. The predicted octanol–water partition coefficient (Wildman–Crippen LogP) is 4.07. The van der Waals surface area contributed by atoms with E-state index in [-0.39, 0.29) is 27.1 Å². The van der Waals surface area contributed by atoms with Crippen molar-refractivity contribution in [3.05, 3.63) is 102 Å². The summed E-state index contributed by atoms with van der Waals surface area (Å²) in [7, 11) is -8.08. The molecule has 0 saturated carbocycles. The Morgan fingerprint density at radius 2 is 1.50 bits per heavy atom. The molecule has 0 aliphatic rings. The minimum Gasteiger partial charge on any atom is -0.325 e. The van der Waals surface area contributed by atoms with Crippen molar-refractivity contribution < 1.29 is 21.6 Å². The quantitative estimate of drug-likeness (QED) is 0.309. The first-order valence-electron chi connectivity index (χ1n) is 11.1. The summed E-state index contributed by atoms with van der Waals surface area (Å²) in [5.41, 5.74) is 1.02. The normalized spacial score (nSPS) is 11.5. The van der Waals surface area contributed by atoms with E-state index in [0.717, 1.165) is 4.31 Å². The topological polar surface area (TPSA) is 138 Å². The highest BCUT2D eigenvalue weighted by molar-refractivity contribution is 7.93. The summed E-state index contributed by atoms with van der Waals surface area (Å²) in [6.07, 6.45) is 2.80. The van der Waals surface area contributed by atoms with Gasteiger partial charge >= 0.3 is 0 Å². The molecule has 3 aromatic carbocycles. The fraction of sp³-hybridized carbons (Fsp3) is 0.0800. The van der Waals surface area contributed by atoms with E-state index in [4.69, 9.17) is 11.6 Å². The van der Waals surface area contributed by atoms with Crippen LogP contribution in [0.3, 0.4) is 0 Å². The summed E-state index contributed by atoms with van der Waals surface area (Å²) >= 11 is 6.24. The minimum atomic E-state index is -4.12. The van der Waals surface area contributed by atoms with Crippen LogP contribution >= 0.6 is 11.6 Å². The van der Waals surface area contributed by atoms with Gasteiger partial charge in [0.25, 0.3) is 20.0 Å². The van der Waals surface area contributed by atoms with Gasteiger partial charge in [-0.05, 0) is 67.1 Å². The number of halogens is 1. The van der Waals surface area contributed by atoms with E-state index in [2.05, 4.69) is 20.0 Å². The lowest BCUT2D eigenvalue weighted by atomic mass is 10.2. The van der Waals surface area contributed by atoms with Gasteiger partial charge < -0.3 is 5.32 Å². The third-order valence-electron chi connectivity index (χ3n) is 5.37. The molecule has 10 nitrogen and oxygen atoms in total. The molecule has 1 amide bonds. The maximum atomic E-state index is 13.5. The van der Waals surface area contributed by atoms with Crippen LogP contribution in [-0.4, -0.2) is 39.3 Å². The van der Waals surface area contributed by atoms with Crippen molar-refractivity contribution in [2.24, 2.45) is 0 Å². The third kappa shape index (κ3) is 6.10. The highest BCUT2D eigenvalue weighted by Gasteiger charge is 2.28. The Morgan fingerprint density at radius 1 is 0.842 bits per heavy atom. The summed E-state index contributed by atoms with van der Waals surface area (Å²) in [5, 5.41) is 2.96. The van der Waals surface area contributed by atoms with Crippen LogP contribution in [0.1, 0.15) is 5.56 Å². The van der Waals surface area contributed by atoms with Gasteiger partial charge in [0.15, 0.2) is 0 Å². The Bertz CT molecular complexity index is 1650. The van der Waals surface area contributed by atoms with Crippen molar-refractivity contribution in [3.63, 3.8) is 0 Å². The standard InChI is InChI=1S/C25H22ClN5O5S2/c1-18-22(26)9-5-10-23(18)31(38(35,36)21-7-3-2-4-8-21)17-24(32)29-19-11-13-20(14-12-19)37(33,34)30-25-27-15-6-16-28-25/h2-16H,17H2,1H3,(H,29,32)(H,27,28,30). The van der Waals surface area contributed by atoms with Gasteiger partial charge in [-0.1, -0.05) is 35.9 Å². The van der Waals surface area contributed by atoms with Crippen LogP contribution in [0.25, 0.3) is 0 Å². The number of carbonyl (C=O) groups excluding carboxylic acids is 1. The fourth-order valence-electron chi connectivity index (χ4n) is 3.46. The molecule has 1 heterocycles. The van der Waals surface area contributed by atoms with Crippen molar-refractivity contribution in [2.75, 3.05) is 20.9 Å².